The molecule has 17 heavy (non-hydrogen) atoms. The standard InChI is InChI=1S/C13H17BrClNO/c1-2-7-16-11-4-3-8-17-13-10(15)6-5-9(14)12(11)13/h5-6,11,16H,2-4,7-8H2,1H3. The molecule has 2 nitrogen and oxygen atoms in total. The van der Waals surface area contributed by atoms with Gasteiger partial charge in [-0.2, -0.15) is 0 Å². The van der Waals surface area contributed by atoms with Gasteiger partial charge in [0, 0.05) is 16.1 Å². The Morgan fingerprint density at radius 3 is 3.12 bits per heavy atom. The van der Waals surface area contributed by atoms with E-state index < -0.39 is 0 Å². The van der Waals surface area contributed by atoms with Gasteiger partial charge in [-0.25, -0.2) is 0 Å². The van der Waals surface area contributed by atoms with Crippen LogP contribution in [0.5, 0.6) is 5.75 Å². The molecule has 1 aromatic carbocycles. The Balaban J connectivity index is 2.36. The fraction of sp³-hybridized carbons (Fsp3) is 0.538. The lowest BCUT2D eigenvalue weighted by Gasteiger charge is -2.20. The van der Waals surface area contributed by atoms with Crippen molar-refractivity contribution >= 4 is 27.5 Å². The first-order valence-corrected chi connectivity index (χ1v) is 7.25. The maximum Gasteiger partial charge on any atom is 0.143 e. The molecule has 1 heterocycles. The second-order valence-corrected chi connectivity index (χ2v) is 5.53. The summed E-state index contributed by atoms with van der Waals surface area (Å²) < 4.78 is 6.84. The largest absolute Gasteiger partial charge is 0.492 e. The monoisotopic (exact) mass is 317 g/mol. The van der Waals surface area contributed by atoms with Crippen molar-refractivity contribution in [3.05, 3.63) is 27.2 Å². The van der Waals surface area contributed by atoms with Gasteiger partial charge < -0.3 is 10.1 Å². The van der Waals surface area contributed by atoms with E-state index in [1.807, 2.05) is 12.1 Å². The molecule has 0 bridgehead atoms. The summed E-state index contributed by atoms with van der Waals surface area (Å²) in [5.41, 5.74) is 1.17. The zero-order valence-corrected chi connectivity index (χ0v) is 12.3. The predicted molar refractivity (Wildman–Crippen MR) is 74.9 cm³/mol. The number of halogens is 2. The first-order chi connectivity index (χ1) is 8.24. The second-order valence-electron chi connectivity index (χ2n) is 4.27. The van der Waals surface area contributed by atoms with Crippen LogP contribution in [0, 0.1) is 0 Å². The highest BCUT2D eigenvalue weighted by atomic mass is 79.9. The molecule has 94 valence electrons. The summed E-state index contributed by atoms with van der Waals surface area (Å²) in [4.78, 5) is 0. The summed E-state index contributed by atoms with van der Waals surface area (Å²) in [5.74, 6) is 0.840. The molecule has 0 saturated carbocycles. The van der Waals surface area contributed by atoms with E-state index in [0.29, 0.717) is 11.1 Å². The number of rotatable bonds is 3. The maximum atomic E-state index is 6.21. The van der Waals surface area contributed by atoms with Crippen molar-refractivity contribution in [1.29, 1.82) is 0 Å². The van der Waals surface area contributed by atoms with Crippen molar-refractivity contribution in [3.63, 3.8) is 0 Å². The van der Waals surface area contributed by atoms with Crippen LogP contribution in [0.3, 0.4) is 0 Å². The molecular weight excluding hydrogens is 302 g/mol. The highest BCUT2D eigenvalue weighted by molar-refractivity contribution is 9.10. The highest BCUT2D eigenvalue weighted by Gasteiger charge is 2.23. The molecule has 1 aliphatic heterocycles. The summed E-state index contributed by atoms with van der Waals surface area (Å²) in [6.07, 6.45) is 3.27. The van der Waals surface area contributed by atoms with Gasteiger partial charge in [-0.15, -0.1) is 0 Å². The molecule has 0 spiro atoms. The van der Waals surface area contributed by atoms with E-state index in [4.69, 9.17) is 16.3 Å². The van der Waals surface area contributed by atoms with Gasteiger partial charge in [0.15, 0.2) is 0 Å². The summed E-state index contributed by atoms with van der Waals surface area (Å²) in [5, 5.41) is 4.27. The Hall–Kier alpha value is -0.250. The molecule has 1 aromatic rings. The summed E-state index contributed by atoms with van der Waals surface area (Å²) in [6.45, 7) is 3.94. The van der Waals surface area contributed by atoms with Gasteiger partial charge in [0.05, 0.1) is 11.6 Å². The quantitative estimate of drug-likeness (QED) is 0.896. The topological polar surface area (TPSA) is 21.3 Å². The van der Waals surface area contributed by atoms with Gasteiger partial charge in [-0.3, -0.25) is 0 Å². The van der Waals surface area contributed by atoms with Crippen molar-refractivity contribution < 1.29 is 4.74 Å². The zero-order chi connectivity index (χ0) is 12.3. The molecule has 4 heteroatoms. The van der Waals surface area contributed by atoms with E-state index in [9.17, 15) is 0 Å². The van der Waals surface area contributed by atoms with Gasteiger partial charge in [-0.05, 0) is 37.9 Å². The zero-order valence-electron chi connectivity index (χ0n) is 9.93. The van der Waals surface area contributed by atoms with E-state index in [2.05, 4.69) is 28.2 Å². The number of fused-ring (bicyclic) bond motifs is 1. The Morgan fingerprint density at radius 2 is 2.35 bits per heavy atom. The molecule has 1 aliphatic rings. The van der Waals surface area contributed by atoms with Crippen molar-refractivity contribution in [2.75, 3.05) is 13.2 Å². The maximum absolute atomic E-state index is 6.21. The van der Waals surface area contributed by atoms with Crippen LogP contribution < -0.4 is 10.1 Å². The number of benzene rings is 1. The normalized spacial score (nSPS) is 19.4. The second kappa shape index (κ2) is 6.07. The lowest BCUT2D eigenvalue weighted by Crippen LogP contribution is -2.22. The number of ether oxygens (including phenoxy) is 1. The summed E-state index contributed by atoms with van der Waals surface area (Å²) in [6, 6.07) is 4.21. The van der Waals surface area contributed by atoms with Gasteiger partial charge >= 0.3 is 0 Å². The van der Waals surface area contributed by atoms with Gasteiger partial charge in [0.25, 0.3) is 0 Å². The SMILES string of the molecule is CCCNC1CCCOc2c(Cl)ccc(Br)c21. The fourth-order valence-corrected chi connectivity index (χ4v) is 2.96. The van der Waals surface area contributed by atoms with Crippen molar-refractivity contribution in [2.45, 2.75) is 32.2 Å². The minimum Gasteiger partial charge on any atom is -0.492 e. The minimum absolute atomic E-state index is 0.334. The van der Waals surface area contributed by atoms with Gasteiger partial charge in [-0.1, -0.05) is 34.5 Å². The Bertz CT molecular complexity index is 397. The van der Waals surface area contributed by atoms with E-state index in [1.165, 1.54) is 5.56 Å². The molecule has 2 rings (SSSR count). The molecule has 1 N–H and O–H groups in total. The third kappa shape index (κ3) is 2.95. The Kier molecular flexibility index (Phi) is 4.71. The molecule has 0 radical (unpaired) electrons. The number of hydrogen-bond acceptors (Lipinski definition) is 2. The molecule has 0 fully saturated rings. The third-order valence-corrected chi connectivity index (χ3v) is 3.96. The molecule has 1 atom stereocenters. The van der Waals surface area contributed by atoms with Gasteiger partial charge in [0.2, 0.25) is 0 Å². The van der Waals surface area contributed by atoms with Crippen LogP contribution in [0.15, 0.2) is 16.6 Å². The van der Waals surface area contributed by atoms with Crippen LogP contribution in [0.4, 0.5) is 0 Å². The molecule has 0 saturated heterocycles. The number of hydrogen-bond donors (Lipinski definition) is 1. The molecule has 0 amide bonds. The molecular formula is C13H17BrClNO. The van der Waals surface area contributed by atoms with Crippen LogP contribution in [-0.4, -0.2) is 13.2 Å². The lowest BCUT2D eigenvalue weighted by molar-refractivity contribution is 0.315. The average molecular weight is 319 g/mol. The lowest BCUT2D eigenvalue weighted by atomic mass is 10.0. The molecule has 0 aromatic heterocycles. The van der Waals surface area contributed by atoms with Crippen LogP contribution in [0.25, 0.3) is 0 Å². The highest BCUT2D eigenvalue weighted by Crippen LogP contribution is 2.41. The van der Waals surface area contributed by atoms with E-state index >= 15 is 0 Å². The molecule has 1 unspecified atom stereocenters. The van der Waals surface area contributed by atoms with Gasteiger partial charge in [0.1, 0.15) is 5.75 Å². The minimum atomic E-state index is 0.334. The van der Waals surface area contributed by atoms with E-state index in [1.54, 1.807) is 0 Å². The summed E-state index contributed by atoms with van der Waals surface area (Å²) in [7, 11) is 0. The first kappa shape index (κ1) is 13.2. The summed E-state index contributed by atoms with van der Waals surface area (Å²) >= 11 is 9.82. The van der Waals surface area contributed by atoms with E-state index in [-0.39, 0.29) is 0 Å². The van der Waals surface area contributed by atoms with Crippen molar-refractivity contribution in [1.82, 2.24) is 5.32 Å². The first-order valence-electron chi connectivity index (χ1n) is 6.08. The van der Waals surface area contributed by atoms with Crippen LogP contribution in [0.1, 0.15) is 37.8 Å². The number of nitrogens with one attached hydrogen (secondary N) is 1. The van der Waals surface area contributed by atoms with Crippen molar-refractivity contribution in [2.24, 2.45) is 0 Å². The Morgan fingerprint density at radius 1 is 1.53 bits per heavy atom. The fourth-order valence-electron chi connectivity index (χ4n) is 2.15. The van der Waals surface area contributed by atoms with Crippen LogP contribution in [0.2, 0.25) is 5.02 Å². The van der Waals surface area contributed by atoms with Crippen molar-refractivity contribution in [3.8, 4) is 5.75 Å². The van der Waals surface area contributed by atoms with Crippen LogP contribution in [-0.2, 0) is 0 Å². The smallest absolute Gasteiger partial charge is 0.143 e. The average Bonchev–Trinajstić information content (AvgIpc) is 2.54. The van der Waals surface area contributed by atoms with Crippen LogP contribution >= 0.6 is 27.5 Å². The Labute approximate surface area is 116 Å². The predicted octanol–water partition coefficient (Wildman–Crippen LogP) is 4.32. The third-order valence-electron chi connectivity index (χ3n) is 2.97. The molecule has 0 aliphatic carbocycles. The van der Waals surface area contributed by atoms with E-state index in [0.717, 1.165) is 42.6 Å².